The summed E-state index contributed by atoms with van der Waals surface area (Å²) >= 11 is 0. The number of benzene rings is 2. The largest absolute Gasteiger partial charge is 0.0620 e. The van der Waals surface area contributed by atoms with Crippen LogP contribution in [0.1, 0.15) is 59.8 Å². The van der Waals surface area contributed by atoms with Crippen LogP contribution in [0.5, 0.6) is 0 Å². The molecule has 0 radical (unpaired) electrons. The smallest absolute Gasteiger partial charge is 0.00901 e. The third-order valence-corrected chi connectivity index (χ3v) is 5.32. The van der Waals surface area contributed by atoms with Gasteiger partial charge in [-0.15, -0.1) is 0 Å². The molecule has 0 aromatic heterocycles. The first-order chi connectivity index (χ1) is 9.93. The van der Waals surface area contributed by atoms with Gasteiger partial charge in [0, 0.05) is 0 Å². The normalized spacial score (nSPS) is 24.8. The van der Waals surface area contributed by atoms with Gasteiger partial charge in [0.2, 0.25) is 0 Å². The first-order valence-corrected chi connectivity index (χ1v) is 8.09. The number of rotatable bonds is 1. The van der Waals surface area contributed by atoms with Gasteiger partial charge in [0.1, 0.15) is 0 Å². The van der Waals surface area contributed by atoms with Gasteiger partial charge in [-0.1, -0.05) is 48.5 Å². The Kier molecular flexibility index (Phi) is 3.10. The molecule has 0 saturated heterocycles. The minimum absolute atomic E-state index is 0.751. The standard InChI is InChI=1S/C20H22/c1-3-11-17-15(7-1)9-5-13-19(17)20-14-6-10-16-8-2-4-12-18(16)20/h1-4,7-8,11-12,19-20H,5-6,9-10,13-14H2. The van der Waals surface area contributed by atoms with Crippen LogP contribution in [0.25, 0.3) is 0 Å². The lowest BCUT2D eigenvalue weighted by molar-refractivity contribution is 0.419. The van der Waals surface area contributed by atoms with E-state index in [1.165, 1.54) is 38.5 Å². The van der Waals surface area contributed by atoms with Crippen molar-refractivity contribution in [3.8, 4) is 0 Å². The Morgan fingerprint density at radius 3 is 1.55 bits per heavy atom. The highest BCUT2D eigenvalue weighted by atomic mass is 14.4. The van der Waals surface area contributed by atoms with Crippen molar-refractivity contribution in [3.63, 3.8) is 0 Å². The first-order valence-electron chi connectivity index (χ1n) is 8.09. The lowest BCUT2D eigenvalue weighted by Crippen LogP contribution is -2.21. The van der Waals surface area contributed by atoms with Crippen molar-refractivity contribution in [2.24, 2.45) is 0 Å². The van der Waals surface area contributed by atoms with E-state index in [0.717, 1.165) is 11.8 Å². The van der Waals surface area contributed by atoms with Crippen LogP contribution in [0.4, 0.5) is 0 Å². The summed E-state index contributed by atoms with van der Waals surface area (Å²) < 4.78 is 0. The molecule has 2 aliphatic carbocycles. The van der Waals surface area contributed by atoms with E-state index in [1.807, 2.05) is 0 Å². The molecule has 2 aromatic carbocycles. The van der Waals surface area contributed by atoms with Crippen LogP contribution in [0.3, 0.4) is 0 Å². The van der Waals surface area contributed by atoms with Crippen molar-refractivity contribution in [1.29, 1.82) is 0 Å². The highest BCUT2D eigenvalue weighted by molar-refractivity contribution is 5.40. The molecule has 0 aliphatic heterocycles. The van der Waals surface area contributed by atoms with Gasteiger partial charge in [0.05, 0.1) is 0 Å². The molecule has 0 spiro atoms. The summed E-state index contributed by atoms with van der Waals surface area (Å²) in [5, 5.41) is 0. The van der Waals surface area contributed by atoms with Crippen LogP contribution in [0.2, 0.25) is 0 Å². The number of aryl methyl sites for hydroxylation is 2. The third-order valence-electron chi connectivity index (χ3n) is 5.32. The molecule has 2 atom stereocenters. The van der Waals surface area contributed by atoms with Crippen molar-refractivity contribution in [2.45, 2.75) is 50.4 Å². The summed E-state index contributed by atoms with van der Waals surface area (Å²) in [4.78, 5) is 0. The lowest BCUT2D eigenvalue weighted by atomic mass is 9.68. The average Bonchev–Trinajstić information content (AvgIpc) is 2.54. The van der Waals surface area contributed by atoms with E-state index < -0.39 is 0 Å². The fourth-order valence-corrected chi connectivity index (χ4v) is 4.42. The van der Waals surface area contributed by atoms with E-state index in [4.69, 9.17) is 0 Å². The zero-order valence-electron chi connectivity index (χ0n) is 12.0. The van der Waals surface area contributed by atoms with Crippen LogP contribution >= 0.6 is 0 Å². The van der Waals surface area contributed by atoms with Crippen LogP contribution in [-0.2, 0) is 12.8 Å². The molecule has 2 unspecified atom stereocenters. The van der Waals surface area contributed by atoms with Crippen molar-refractivity contribution < 1.29 is 0 Å². The second-order valence-corrected chi connectivity index (χ2v) is 6.40. The van der Waals surface area contributed by atoms with Gasteiger partial charge in [0.15, 0.2) is 0 Å². The fraction of sp³-hybridized carbons (Fsp3) is 0.400. The van der Waals surface area contributed by atoms with E-state index in [2.05, 4.69) is 48.5 Å². The van der Waals surface area contributed by atoms with Gasteiger partial charge < -0.3 is 0 Å². The SMILES string of the molecule is c1ccc2c(c1)CCCC2C1CCCc2ccccc21. The maximum atomic E-state index is 2.39. The molecule has 0 N–H and O–H groups in total. The number of fused-ring (bicyclic) bond motifs is 2. The molecular formula is C20H22. The maximum Gasteiger partial charge on any atom is -0.00901 e. The van der Waals surface area contributed by atoms with Crippen molar-refractivity contribution in [1.82, 2.24) is 0 Å². The van der Waals surface area contributed by atoms with Gasteiger partial charge in [-0.2, -0.15) is 0 Å². The summed E-state index contributed by atoms with van der Waals surface area (Å²) in [5.74, 6) is 1.50. The summed E-state index contributed by atoms with van der Waals surface area (Å²) in [6.45, 7) is 0. The van der Waals surface area contributed by atoms with Crippen LogP contribution < -0.4 is 0 Å². The molecule has 102 valence electrons. The predicted molar refractivity (Wildman–Crippen MR) is 84.2 cm³/mol. The van der Waals surface area contributed by atoms with E-state index in [1.54, 1.807) is 22.3 Å². The molecule has 4 rings (SSSR count). The summed E-state index contributed by atoms with van der Waals surface area (Å²) in [6.07, 6.45) is 8.02. The predicted octanol–water partition coefficient (Wildman–Crippen LogP) is 5.23. The summed E-state index contributed by atoms with van der Waals surface area (Å²) in [7, 11) is 0. The topological polar surface area (TPSA) is 0 Å². The minimum atomic E-state index is 0.751. The quantitative estimate of drug-likeness (QED) is 0.660. The zero-order chi connectivity index (χ0) is 13.4. The second-order valence-electron chi connectivity index (χ2n) is 6.40. The second kappa shape index (κ2) is 5.09. The van der Waals surface area contributed by atoms with E-state index >= 15 is 0 Å². The monoisotopic (exact) mass is 262 g/mol. The lowest BCUT2D eigenvalue weighted by Gasteiger charge is -2.36. The Morgan fingerprint density at radius 1 is 0.600 bits per heavy atom. The molecular weight excluding hydrogens is 240 g/mol. The average molecular weight is 262 g/mol. The Morgan fingerprint density at radius 2 is 1.05 bits per heavy atom. The molecule has 20 heavy (non-hydrogen) atoms. The molecule has 0 amide bonds. The van der Waals surface area contributed by atoms with Crippen LogP contribution in [0, 0.1) is 0 Å². The zero-order valence-corrected chi connectivity index (χ0v) is 12.0. The Hall–Kier alpha value is -1.56. The molecule has 0 saturated carbocycles. The van der Waals surface area contributed by atoms with Gasteiger partial charge >= 0.3 is 0 Å². The highest BCUT2D eigenvalue weighted by Gasteiger charge is 2.31. The van der Waals surface area contributed by atoms with E-state index in [0.29, 0.717) is 0 Å². The molecule has 0 heterocycles. The van der Waals surface area contributed by atoms with Gasteiger partial charge in [0.25, 0.3) is 0 Å². The van der Waals surface area contributed by atoms with Crippen molar-refractivity contribution >= 4 is 0 Å². The number of hydrogen-bond acceptors (Lipinski definition) is 0. The van der Waals surface area contributed by atoms with Crippen LogP contribution in [-0.4, -0.2) is 0 Å². The fourth-order valence-electron chi connectivity index (χ4n) is 4.42. The molecule has 0 nitrogen and oxygen atoms in total. The molecule has 0 fully saturated rings. The highest BCUT2D eigenvalue weighted by Crippen LogP contribution is 2.46. The minimum Gasteiger partial charge on any atom is -0.0620 e. The Labute approximate surface area is 121 Å². The summed E-state index contributed by atoms with van der Waals surface area (Å²) in [5.41, 5.74) is 6.49. The van der Waals surface area contributed by atoms with E-state index in [9.17, 15) is 0 Å². The van der Waals surface area contributed by atoms with E-state index in [-0.39, 0.29) is 0 Å². The third kappa shape index (κ3) is 1.98. The first kappa shape index (κ1) is 12.2. The summed E-state index contributed by atoms with van der Waals surface area (Å²) in [6, 6.07) is 18.3. The molecule has 2 aromatic rings. The van der Waals surface area contributed by atoms with Gasteiger partial charge in [-0.3, -0.25) is 0 Å². The van der Waals surface area contributed by atoms with Crippen LogP contribution in [0.15, 0.2) is 48.5 Å². The van der Waals surface area contributed by atoms with Gasteiger partial charge in [-0.05, 0) is 72.6 Å². The molecule has 0 heteroatoms. The molecule has 2 aliphatic rings. The Balaban J connectivity index is 1.77. The Bertz CT molecular complexity index is 555. The van der Waals surface area contributed by atoms with Gasteiger partial charge in [-0.25, -0.2) is 0 Å². The number of hydrogen-bond donors (Lipinski definition) is 0. The maximum absolute atomic E-state index is 2.39. The van der Waals surface area contributed by atoms with Crippen molar-refractivity contribution in [2.75, 3.05) is 0 Å². The van der Waals surface area contributed by atoms with Crippen molar-refractivity contribution in [3.05, 3.63) is 70.8 Å². The molecule has 0 bridgehead atoms.